The SMILES string of the molecule is Cc1nc(NC(=O)c2ccccc2)sc1C(=O)/C=C/c1ccco1. The summed E-state index contributed by atoms with van der Waals surface area (Å²) in [4.78, 5) is 29.1. The molecule has 1 aromatic carbocycles. The Bertz CT molecular complexity index is 880. The average Bonchev–Trinajstić information content (AvgIpc) is 3.23. The molecule has 5 nitrogen and oxygen atoms in total. The zero-order chi connectivity index (χ0) is 16.9. The van der Waals surface area contributed by atoms with Gasteiger partial charge in [0.05, 0.1) is 16.8 Å². The summed E-state index contributed by atoms with van der Waals surface area (Å²) in [5.74, 6) is 0.166. The number of hydrogen-bond donors (Lipinski definition) is 1. The smallest absolute Gasteiger partial charge is 0.257 e. The van der Waals surface area contributed by atoms with Crippen LogP contribution in [0.25, 0.3) is 6.08 Å². The van der Waals surface area contributed by atoms with E-state index in [0.29, 0.717) is 27.0 Å². The lowest BCUT2D eigenvalue weighted by molar-refractivity contribution is 0.102. The van der Waals surface area contributed by atoms with Crippen molar-refractivity contribution in [2.75, 3.05) is 5.32 Å². The predicted molar refractivity (Wildman–Crippen MR) is 93.3 cm³/mol. The van der Waals surface area contributed by atoms with Crippen LogP contribution in [0.2, 0.25) is 0 Å². The van der Waals surface area contributed by atoms with Gasteiger partial charge in [-0.1, -0.05) is 29.5 Å². The summed E-state index contributed by atoms with van der Waals surface area (Å²) < 4.78 is 5.15. The number of furan rings is 1. The number of ketones is 1. The van der Waals surface area contributed by atoms with Crippen LogP contribution in [0, 0.1) is 6.92 Å². The molecule has 0 aliphatic rings. The number of nitrogens with zero attached hydrogens (tertiary/aromatic N) is 1. The first kappa shape index (κ1) is 15.9. The first-order valence-corrected chi connectivity index (χ1v) is 8.05. The molecule has 0 saturated heterocycles. The van der Waals surface area contributed by atoms with Gasteiger partial charge in [0, 0.05) is 5.56 Å². The Balaban J connectivity index is 1.73. The molecule has 0 unspecified atom stereocenters. The molecule has 24 heavy (non-hydrogen) atoms. The Kier molecular flexibility index (Phi) is 4.67. The predicted octanol–water partition coefficient (Wildman–Crippen LogP) is 4.19. The largest absolute Gasteiger partial charge is 0.465 e. The van der Waals surface area contributed by atoms with E-state index in [2.05, 4.69) is 10.3 Å². The fourth-order valence-corrected chi connectivity index (χ4v) is 2.94. The normalized spacial score (nSPS) is 10.9. The van der Waals surface area contributed by atoms with E-state index in [1.54, 1.807) is 55.7 Å². The highest BCUT2D eigenvalue weighted by Gasteiger charge is 2.15. The Morgan fingerprint density at radius 2 is 1.96 bits per heavy atom. The fraction of sp³-hybridized carbons (Fsp3) is 0.0556. The lowest BCUT2D eigenvalue weighted by atomic mass is 10.2. The molecular weight excluding hydrogens is 324 g/mol. The highest BCUT2D eigenvalue weighted by molar-refractivity contribution is 7.18. The third-order valence-corrected chi connectivity index (χ3v) is 4.31. The minimum absolute atomic E-state index is 0.179. The van der Waals surface area contributed by atoms with Gasteiger partial charge in [-0.25, -0.2) is 4.98 Å². The van der Waals surface area contributed by atoms with Crippen molar-refractivity contribution in [3.05, 3.63) is 76.7 Å². The number of rotatable bonds is 5. The lowest BCUT2D eigenvalue weighted by Gasteiger charge is -2.00. The van der Waals surface area contributed by atoms with Crippen LogP contribution in [0.1, 0.15) is 31.5 Å². The van der Waals surface area contributed by atoms with E-state index in [1.165, 1.54) is 6.08 Å². The van der Waals surface area contributed by atoms with E-state index in [4.69, 9.17) is 4.42 Å². The summed E-state index contributed by atoms with van der Waals surface area (Å²) in [6, 6.07) is 12.4. The number of anilines is 1. The van der Waals surface area contributed by atoms with E-state index >= 15 is 0 Å². The van der Waals surface area contributed by atoms with Gasteiger partial charge in [0.1, 0.15) is 5.76 Å². The van der Waals surface area contributed by atoms with Crippen molar-refractivity contribution in [2.24, 2.45) is 0 Å². The summed E-state index contributed by atoms with van der Waals surface area (Å²) in [6.07, 6.45) is 4.57. The third kappa shape index (κ3) is 3.67. The second kappa shape index (κ2) is 7.06. The van der Waals surface area contributed by atoms with Gasteiger partial charge in [0.25, 0.3) is 5.91 Å². The van der Waals surface area contributed by atoms with Crippen molar-refractivity contribution >= 4 is 34.2 Å². The Morgan fingerprint density at radius 3 is 2.67 bits per heavy atom. The first-order chi connectivity index (χ1) is 11.6. The number of nitrogens with one attached hydrogen (secondary N) is 1. The molecule has 2 aromatic heterocycles. The summed E-state index contributed by atoms with van der Waals surface area (Å²) >= 11 is 1.15. The van der Waals surface area contributed by atoms with E-state index in [-0.39, 0.29) is 11.7 Å². The molecule has 120 valence electrons. The number of thiazole rings is 1. The van der Waals surface area contributed by atoms with E-state index in [0.717, 1.165) is 11.3 Å². The number of benzene rings is 1. The molecule has 0 bridgehead atoms. The van der Waals surface area contributed by atoms with Gasteiger partial charge in [-0.3, -0.25) is 14.9 Å². The van der Waals surface area contributed by atoms with Gasteiger partial charge >= 0.3 is 0 Å². The summed E-state index contributed by atoms with van der Waals surface area (Å²) in [5, 5.41) is 3.12. The van der Waals surface area contributed by atoms with Gasteiger partial charge in [-0.2, -0.15) is 0 Å². The Hall–Kier alpha value is -2.99. The average molecular weight is 338 g/mol. The minimum atomic E-state index is -0.255. The van der Waals surface area contributed by atoms with Crippen LogP contribution in [0.4, 0.5) is 5.13 Å². The minimum Gasteiger partial charge on any atom is -0.465 e. The van der Waals surface area contributed by atoms with Crippen molar-refractivity contribution in [3.8, 4) is 0 Å². The van der Waals surface area contributed by atoms with Crippen LogP contribution in [-0.4, -0.2) is 16.7 Å². The van der Waals surface area contributed by atoms with E-state index in [9.17, 15) is 9.59 Å². The summed E-state index contributed by atoms with van der Waals surface area (Å²) in [5.41, 5.74) is 1.12. The van der Waals surface area contributed by atoms with E-state index < -0.39 is 0 Å². The lowest BCUT2D eigenvalue weighted by Crippen LogP contribution is -2.11. The van der Waals surface area contributed by atoms with Crippen LogP contribution < -0.4 is 5.32 Å². The maximum atomic E-state index is 12.3. The van der Waals surface area contributed by atoms with Crippen LogP contribution >= 0.6 is 11.3 Å². The van der Waals surface area contributed by atoms with Crippen LogP contribution in [0.5, 0.6) is 0 Å². The number of hydrogen-bond acceptors (Lipinski definition) is 5. The molecule has 2 heterocycles. The van der Waals surface area contributed by atoms with Gasteiger partial charge in [-0.05, 0) is 43.3 Å². The molecule has 6 heteroatoms. The van der Waals surface area contributed by atoms with Crippen molar-refractivity contribution in [3.63, 3.8) is 0 Å². The quantitative estimate of drug-likeness (QED) is 0.559. The standard InChI is InChI=1S/C18H14N2O3S/c1-12-16(15(21)10-9-14-8-5-11-23-14)24-18(19-12)20-17(22)13-6-3-2-4-7-13/h2-11H,1H3,(H,19,20,22)/b10-9+. The van der Waals surface area contributed by atoms with Crippen LogP contribution in [0.15, 0.2) is 59.2 Å². The van der Waals surface area contributed by atoms with E-state index in [1.807, 2.05) is 6.07 Å². The number of allylic oxidation sites excluding steroid dienone is 1. The highest BCUT2D eigenvalue weighted by Crippen LogP contribution is 2.24. The number of amides is 1. The van der Waals surface area contributed by atoms with Crippen LogP contribution in [-0.2, 0) is 0 Å². The number of carbonyl (C=O) groups is 2. The molecule has 3 aromatic rings. The molecule has 0 aliphatic heterocycles. The van der Waals surface area contributed by atoms with Gasteiger partial charge < -0.3 is 4.42 Å². The highest BCUT2D eigenvalue weighted by atomic mass is 32.1. The van der Waals surface area contributed by atoms with Crippen molar-refractivity contribution < 1.29 is 14.0 Å². The second-order valence-corrected chi connectivity index (χ2v) is 5.97. The Labute approximate surface area is 142 Å². The number of aromatic nitrogens is 1. The zero-order valence-corrected chi connectivity index (χ0v) is 13.7. The second-order valence-electron chi connectivity index (χ2n) is 4.97. The molecular formula is C18H14N2O3S. The molecule has 1 amide bonds. The molecule has 0 aliphatic carbocycles. The molecule has 1 N–H and O–H groups in total. The third-order valence-electron chi connectivity index (χ3n) is 3.22. The molecule has 0 saturated carbocycles. The maximum absolute atomic E-state index is 12.3. The van der Waals surface area contributed by atoms with Gasteiger partial charge in [0.2, 0.25) is 0 Å². The number of aryl methyl sites for hydroxylation is 1. The Morgan fingerprint density at radius 1 is 1.17 bits per heavy atom. The first-order valence-electron chi connectivity index (χ1n) is 7.23. The molecule has 0 radical (unpaired) electrons. The van der Waals surface area contributed by atoms with Crippen molar-refractivity contribution in [1.82, 2.24) is 4.98 Å². The fourth-order valence-electron chi connectivity index (χ4n) is 2.06. The molecule has 0 atom stereocenters. The molecule has 0 fully saturated rings. The molecule has 0 spiro atoms. The monoisotopic (exact) mass is 338 g/mol. The summed E-state index contributed by atoms with van der Waals surface area (Å²) in [6.45, 7) is 1.74. The zero-order valence-electron chi connectivity index (χ0n) is 12.9. The van der Waals surface area contributed by atoms with Crippen molar-refractivity contribution in [1.29, 1.82) is 0 Å². The van der Waals surface area contributed by atoms with Crippen LogP contribution in [0.3, 0.4) is 0 Å². The topological polar surface area (TPSA) is 72.2 Å². The number of carbonyl (C=O) groups excluding carboxylic acids is 2. The molecule has 3 rings (SSSR count). The van der Waals surface area contributed by atoms with Gasteiger partial charge in [-0.15, -0.1) is 0 Å². The van der Waals surface area contributed by atoms with Gasteiger partial charge in [0.15, 0.2) is 10.9 Å². The summed E-state index contributed by atoms with van der Waals surface area (Å²) in [7, 11) is 0. The maximum Gasteiger partial charge on any atom is 0.257 e. The van der Waals surface area contributed by atoms with Crippen molar-refractivity contribution in [2.45, 2.75) is 6.92 Å².